The maximum Gasteiger partial charge on any atom is 0.0948 e. The number of benzene rings is 2. The van der Waals surface area contributed by atoms with Crippen LogP contribution in [0.3, 0.4) is 0 Å². The van der Waals surface area contributed by atoms with Gasteiger partial charge in [-0.05, 0) is 17.7 Å². The molecule has 0 aliphatic carbocycles. The fourth-order valence-electron chi connectivity index (χ4n) is 2.58. The van der Waals surface area contributed by atoms with E-state index in [0.717, 1.165) is 16.1 Å². The smallest absolute Gasteiger partial charge is 0.0948 e. The molecule has 1 heterocycles. The number of thiazole rings is 1. The van der Waals surface area contributed by atoms with E-state index in [9.17, 15) is 5.11 Å². The Morgan fingerprint density at radius 2 is 1.76 bits per heavy atom. The van der Waals surface area contributed by atoms with Crippen molar-refractivity contribution in [3.8, 4) is 0 Å². The standard InChI is InChI=1S/C17H18N2OS/c18-11-17(12-20,13-6-2-1-3-7-13)10-16-19-14-8-4-5-9-15(14)21-16/h1-9,20H,10-12,18H2. The van der Waals surface area contributed by atoms with Gasteiger partial charge in [-0.1, -0.05) is 42.5 Å². The number of para-hydroxylation sites is 1. The fourth-order valence-corrected chi connectivity index (χ4v) is 3.69. The monoisotopic (exact) mass is 298 g/mol. The van der Waals surface area contributed by atoms with Gasteiger partial charge in [-0.15, -0.1) is 11.3 Å². The number of aliphatic hydroxyl groups is 1. The number of nitrogens with two attached hydrogens (primary N) is 1. The van der Waals surface area contributed by atoms with Gasteiger partial charge in [0.15, 0.2) is 0 Å². The fraction of sp³-hybridized carbons (Fsp3) is 0.235. The summed E-state index contributed by atoms with van der Waals surface area (Å²) in [7, 11) is 0. The lowest BCUT2D eigenvalue weighted by atomic mass is 9.78. The van der Waals surface area contributed by atoms with Crippen LogP contribution in [0.5, 0.6) is 0 Å². The molecule has 0 amide bonds. The molecule has 0 spiro atoms. The van der Waals surface area contributed by atoms with E-state index in [1.165, 1.54) is 4.70 Å². The van der Waals surface area contributed by atoms with Gasteiger partial charge in [0.05, 0.1) is 21.8 Å². The summed E-state index contributed by atoms with van der Waals surface area (Å²) in [5.74, 6) is 0. The van der Waals surface area contributed by atoms with Gasteiger partial charge in [-0.2, -0.15) is 0 Å². The van der Waals surface area contributed by atoms with Crippen LogP contribution in [0.4, 0.5) is 0 Å². The molecule has 3 aromatic rings. The van der Waals surface area contributed by atoms with E-state index in [1.807, 2.05) is 48.5 Å². The van der Waals surface area contributed by atoms with Gasteiger partial charge in [0, 0.05) is 18.4 Å². The van der Waals surface area contributed by atoms with Crippen LogP contribution in [0.1, 0.15) is 10.6 Å². The second-order valence-electron chi connectivity index (χ2n) is 5.26. The number of hydrogen-bond donors (Lipinski definition) is 2. The van der Waals surface area contributed by atoms with Crippen molar-refractivity contribution in [3.05, 3.63) is 65.2 Å². The van der Waals surface area contributed by atoms with Crippen molar-refractivity contribution in [2.75, 3.05) is 13.2 Å². The number of aromatic nitrogens is 1. The van der Waals surface area contributed by atoms with E-state index >= 15 is 0 Å². The third kappa shape index (κ3) is 2.70. The first-order valence-electron chi connectivity index (χ1n) is 6.98. The van der Waals surface area contributed by atoms with Crippen LogP contribution < -0.4 is 5.73 Å². The second kappa shape index (κ2) is 5.93. The first kappa shape index (κ1) is 14.2. The lowest BCUT2D eigenvalue weighted by Crippen LogP contribution is -2.40. The molecule has 0 bridgehead atoms. The van der Waals surface area contributed by atoms with Gasteiger partial charge in [-0.25, -0.2) is 4.98 Å². The molecule has 2 aromatic carbocycles. The van der Waals surface area contributed by atoms with Crippen LogP contribution in [0.25, 0.3) is 10.2 Å². The van der Waals surface area contributed by atoms with Gasteiger partial charge in [0.2, 0.25) is 0 Å². The van der Waals surface area contributed by atoms with Crippen molar-refractivity contribution in [2.24, 2.45) is 5.73 Å². The number of nitrogens with zero attached hydrogens (tertiary/aromatic N) is 1. The zero-order valence-corrected chi connectivity index (χ0v) is 12.5. The van der Waals surface area contributed by atoms with Crippen LogP contribution in [0.2, 0.25) is 0 Å². The maximum absolute atomic E-state index is 9.96. The average molecular weight is 298 g/mol. The predicted octanol–water partition coefficient (Wildman–Crippen LogP) is 2.73. The normalized spacial score (nSPS) is 14.2. The number of fused-ring (bicyclic) bond motifs is 1. The van der Waals surface area contributed by atoms with E-state index in [1.54, 1.807) is 11.3 Å². The summed E-state index contributed by atoms with van der Waals surface area (Å²) < 4.78 is 1.17. The van der Waals surface area contributed by atoms with Crippen LogP contribution in [-0.2, 0) is 11.8 Å². The zero-order chi connectivity index (χ0) is 14.7. The Hall–Kier alpha value is -1.75. The summed E-state index contributed by atoms with van der Waals surface area (Å²) in [5, 5.41) is 11.0. The number of rotatable bonds is 5. The summed E-state index contributed by atoms with van der Waals surface area (Å²) in [6.07, 6.45) is 0.656. The predicted molar refractivity (Wildman–Crippen MR) is 87.6 cm³/mol. The minimum absolute atomic E-state index is 0.0173. The second-order valence-corrected chi connectivity index (χ2v) is 6.38. The van der Waals surface area contributed by atoms with Gasteiger partial charge >= 0.3 is 0 Å². The molecule has 3 rings (SSSR count). The number of hydrogen-bond acceptors (Lipinski definition) is 4. The molecule has 1 unspecified atom stereocenters. The molecule has 0 aliphatic rings. The van der Waals surface area contributed by atoms with Crippen molar-refractivity contribution in [1.82, 2.24) is 4.98 Å². The van der Waals surface area contributed by atoms with Crippen molar-refractivity contribution in [2.45, 2.75) is 11.8 Å². The molecule has 0 radical (unpaired) electrons. The van der Waals surface area contributed by atoms with Gasteiger partial charge in [0.1, 0.15) is 0 Å². The minimum Gasteiger partial charge on any atom is -0.395 e. The van der Waals surface area contributed by atoms with Crippen molar-refractivity contribution < 1.29 is 5.11 Å². The Kier molecular flexibility index (Phi) is 4.01. The molecule has 0 fully saturated rings. The highest BCUT2D eigenvalue weighted by atomic mass is 32.1. The Labute approximate surface area is 128 Å². The highest BCUT2D eigenvalue weighted by molar-refractivity contribution is 7.18. The molecule has 1 atom stereocenters. The molecule has 1 aromatic heterocycles. The van der Waals surface area contributed by atoms with Gasteiger partial charge in [0.25, 0.3) is 0 Å². The van der Waals surface area contributed by atoms with Crippen LogP contribution >= 0.6 is 11.3 Å². The van der Waals surface area contributed by atoms with Crippen LogP contribution in [-0.4, -0.2) is 23.2 Å². The summed E-state index contributed by atoms with van der Waals surface area (Å²) in [6.45, 7) is 0.410. The molecular formula is C17H18N2OS. The van der Waals surface area contributed by atoms with Crippen LogP contribution in [0, 0.1) is 0 Å². The van der Waals surface area contributed by atoms with Crippen LogP contribution in [0.15, 0.2) is 54.6 Å². The van der Waals surface area contributed by atoms with E-state index < -0.39 is 5.41 Å². The highest BCUT2D eigenvalue weighted by Gasteiger charge is 2.31. The molecule has 0 aliphatic heterocycles. The Bertz CT molecular complexity index is 687. The SMILES string of the molecule is NCC(CO)(Cc1nc2ccccc2s1)c1ccccc1. The molecule has 0 saturated carbocycles. The third-order valence-electron chi connectivity index (χ3n) is 3.91. The molecule has 0 saturated heterocycles. The quantitative estimate of drug-likeness (QED) is 0.761. The molecule has 21 heavy (non-hydrogen) atoms. The van der Waals surface area contributed by atoms with E-state index in [-0.39, 0.29) is 6.61 Å². The summed E-state index contributed by atoms with van der Waals surface area (Å²) in [5.41, 5.74) is 7.62. The molecule has 3 nitrogen and oxygen atoms in total. The Morgan fingerprint density at radius 3 is 2.43 bits per heavy atom. The molecule has 4 heteroatoms. The summed E-state index contributed by atoms with van der Waals surface area (Å²) in [4.78, 5) is 4.67. The van der Waals surface area contributed by atoms with E-state index in [0.29, 0.717) is 13.0 Å². The van der Waals surface area contributed by atoms with Crippen molar-refractivity contribution >= 4 is 21.6 Å². The Balaban J connectivity index is 1.98. The Morgan fingerprint density at radius 1 is 1.05 bits per heavy atom. The van der Waals surface area contributed by atoms with Gasteiger partial charge < -0.3 is 10.8 Å². The maximum atomic E-state index is 9.96. The lowest BCUT2D eigenvalue weighted by molar-refractivity contribution is 0.196. The first-order chi connectivity index (χ1) is 10.3. The number of aliphatic hydroxyl groups excluding tert-OH is 1. The minimum atomic E-state index is -0.463. The van der Waals surface area contributed by atoms with Crippen molar-refractivity contribution in [1.29, 1.82) is 0 Å². The largest absolute Gasteiger partial charge is 0.395 e. The summed E-state index contributed by atoms with van der Waals surface area (Å²) in [6, 6.07) is 18.1. The lowest BCUT2D eigenvalue weighted by Gasteiger charge is -2.30. The summed E-state index contributed by atoms with van der Waals surface area (Å²) >= 11 is 1.67. The van der Waals surface area contributed by atoms with Gasteiger partial charge in [-0.3, -0.25) is 0 Å². The molecule has 108 valence electrons. The first-order valence-corrected chi connectivity index (χ1v) is 7.80. The molecule has 3 N–H and O–H groups in total. The average Bonchev–Trinajstić information content (AvgIpc) is 2.96. The highest BCUT2D eigenvalue weighted by Crippen LogP contribution is 2.31. The topological polar surface area (TPSA) is 59.1 Å². The molecular weight excluding hydrogens is 280 g/mol. The van der Waals surface area contributed by atoms with Crippen molar-refractivity contribution in [3.63, 3.8) is 0 Å². The van der Waals surface area contributed by atoms with E-state index in [2.05, 4.69) is 11.1 Å². The zero-order valence-electron chi connectivity index (χ0n) is 11.7. The third-order valence-corrected chi connectivity index (χ3v) is 4.94. The van der Waals surface area contributed by atoms with E-state index in [4.69, 9.17) is 5.73 Å².